The van der Waals surface area contributed by atoms with Crippen LogP contribution in [0, 0.1) is 5.82 Å². The number of hydrogen-bond donors (Lipinski definition) is 2. The lowest BCUT2D eigenvalue weighted by atomic mass is 10.2. The van der Waals surface area contributed by atoms with Crippen molar-refractivity contribution in [2.45, 2.75) is 13.0 Å². The van der Waals surface area contributed by atoms with Crippen molar-refractivity contribution in [3.05, 3.63) is 64.9 Å². The van der Waals surface area contributed by atoms with E-state index < -0.39 is 23.7 Å². The summed E-state index contributed by atoms with van der Waals surface area (Å²) in [4.78, 5) is 24.0. The van der Waals surface area contributed by atoms with Gasteiger partial charge in [-0.3, -0.25) is 9.59 Å². The minimum atomic E-state index is -0.799. The van der Waals surface area contributed by atoms with Gasteiger partial charge in [0.25, 0.3) is 5.91 Å². The Kier molecular flexibility index (Phi) is 5.12. The summed E-state index contributed by atoms with van der Waals surface area (Å²) in [6.45, 7) is 1.53. The second kappa shape index (κ2) is 7.04. The quantitative estimate of drug-likeness (QED) is 0.908. The molecular formula is C16H14ClFN2O2. The van der Waals surface area contributed by atoms with Crippen molar-refractivity contribution in [1.29, 1.82) is 0 Å². The van der Waals surface area contributed by atoms with Crippen LogP contribution in [0.15, 0.2) is 48.5 Å². The summed E-state index contributed by atoms with van der Waals surface area (Å²) >= 11 is 5.93. The molecule has 114 valence electrons. The van der Waals surface area contributed by atoms with Crippen LogP contribution >= 0.6 is 11.6 Å². The Labute approximate surface area is 132 Å². The molecule has 0 spiro atoms. The summed E-state index contributed by atoms with van der Waals surface area (Å²) < 4.78 is 13.1. The maximum atomic E-state index is 13.1. The molecule has 0 radical (unpaired) electrons. The monoisotopic (exact) mass is 320 g/mol. The predicted molar refractivity (Wildman–Crippen MR) is 83.4 cm³/mol. The second-order valence-electron chi connectivity index (χ2n) is 4.67. The zero-order valence-electron chi connectivity index (χ0n) is 11.8. The first-order chi connectivity index (χ1) is 10.5. The molecule has 0 bridgehead atoms. The van der Waals surface area contributed by atoms with Gasteiger partial charge in [0.05, 0.1) is 10.6 Å². The van der Waals surface area contributed by atoms with E-state index >= 15 is 0 Å². The molecule has 2 amide bonds. The van der Waals surface area contributed by atoms with E-state index in [1.54, 1.807) is 30.3 Å². The highest BCUT2D eigenvalue weighted by atomic mass is 35.5. The zero-order valence-corrected chi connectivity index (χ0v) is 12.5. The fourth-order valence-electron chi connectivity index (χ4n) is 1.80. The SMILES string of the molecule is CC(NC(=O)c1ccccc1Cl)C(=O)Nc1cccc(F)c1. The summed E-state index contributed by atoms with van der Waals surface area (Å²) in [6.07, 6.45) is 0. The molecule has 0 aliphatic carbocycles. The number of halogens is 2. The number of hydrogen-bond acceptors (Lipinski definition) is 2. The Bertz CT molecular complexity index is 706. The lowest BCUT2D eigenvalue weighted by Crippen LogP contribution is -2.41. The molecule has 22 heavy (non-hydrogen) atoms. The molecule has 0 saturated heterocycles. The molecule has 0 heterocycles. The molecule has 0 aromatic heterocycles. The smallest absolute Gasteiger partial charge is 0.253 e. The summed E-state index contributed by atoms with van der Waals surface area (Å²) in [5.74, 6) is -1.36. The average Bonchev–Trinajstić information content (AvgIpc) is 2.47. The highest BCUT2D eigenvalue weighted by molar-refractivity contribution is 6.33. The molecular weight excluding hydrogens is 307 g/mol. The molecule has 2 aromatic carbocycles. The van der Waals surface area contributed by atoms with Gasteiger partial charge in [-0.2, -0.15) is 0 Å². The number of amides is 2. The Hall–Kier alpha value is -2.40. The third kappa shape index (κ3) is 4.05. The molecule has 4 nitrogen and oxygen atoms in total. The fraction of sp³-hybridized carbons (Fsp3) is 0.125. The lowest BCUT2D eigenvalue weighted by Gasteiger charge is -2.14. The summed E-state index contributed by atoms with van der Waals surface area (Å²) in [5, 5.41) is 5.37. The van der Waals surface area contributed by atoms with Crippen LogP contribution in [0.3, 0.4) is 0 Å². The van der Waals surface area contributed by atoms with Gasteiger partial charge in [-0.05, 0) is 37.3 Å². The molecule has 0 aliphatic rings. The van der Waals surface area contributed by atoms with Crippen LogP contribution in [-0.2, 0) is 4.79 Å². The molecule has 2 N–H and O–H groups in total. The predicted octanol–water partition coefficient (Wildman–Crippen LogP) is 3.24. The molecule has 6 heteroatoms. The maximum absolute atomic E-state index is 13.1. The highest BCUT2D eigenvalue weighted by Gasteiger charge is 2.18. The summed E-state index contributed by atoms with van der Waals surface area (Å²) in [5.41, 5.74) is 0.610. The largest absolute Gasteiger partial charge is 0.340 e. The van der Waals surface area contributed by atoms with E-state index in [0.29, 0.717) is 10.7 Å². The topological polar surface area (TPSA) is 58.2 Å². The van der Waals surface area contributed by atoms with Crippen molar-refractivity contribution < 1.29 is 14.0 Å². The van der Waals surface area contributed by atoms with Gasteiger partial charge in [0.15, 0.2) is 0 Å². The van der Waals surface area contributed by atoms with E-state index in [9.17, 15) is 14.0 Å². The Morgan fingerprint density at radius 1 is 1.14 bits per heavy atom. The molecule has 0 fully saturated rings. The number of rotatable bonds is 4. The van der Waals surface area contributed by atoms with E-state index in [-0.39, 0.29) is 5.56 Å². The van der Waals surface area contributed by atoms with Crippen molar-refractivity contribution in [1.82, 2.24) is 5.32 Å². The summed E-state index contributed by atoms with van der Waals surface area (Å²) in [7, 11) is 0. The second-order valence-corrected chi connectivity index (χ2v) is 5.08. The molecule has 2 aromatic rings. The van der Waals surface area contributed by atoms with Crippen molar-refractivity contribution in [2.24, 2.45) is 0 Å². The van der Waals surface area contributed by atoms with E-state index in [0.717, 1.165) is 0 Å². The first-order valence-electron chi connectivity index (χ1n) is 6.59. The van der Waals surface area contributed by atoms with E-state index in [4.69, 9.17) is 11.6 Å². The molecule has 0 aliphatic heterocycles. The zero-order chi connectivity index (χ0) is 16.1. The fourth-order valence-corrected chi connectivity index (χ4v) is 2.02. The summed E-state index contributed by atoms with van der Waals surface area (Å²) in [6, 6.07) is 11.3. The van der Waals surface area contributed by atoms with Crippen molar-refractivity contribution >= 4 is 29.1 Å². The van der Waals surface area contributed by atoms with Crippen molar-refractivity contribution in [2.75, 3.05) is 5.32 Å². The lowest BCUT2D eigenvalue weighted by molar-refractivity contribution is -0.117. The van der Waals surface area contributed by atoms with Crippen LogP contribution < -0.4 is 10.6 Å². The van der Waals surface area contributed by atoms with Gasteiger partial charge < -0.3 is 10.6 Å². The molecule has 0 saturated carbocycles. The van der Waals surface area contributed by atoms with Crippen LogP contribution in [0.1, 0.15) is 17.3 Å². The average molecular weight is 321 g/mol. The minimum Gasteiger partial charge on any atom is -0.340 e. The van der Waals surface area contributed by atoms with Crippen LogP contribution in [0.2, 0.25) is 5.02 Å². The third-order valence-electron chi connectivity index (χ3n) is 2.95. The number of carbonyl (C=O) groups is 2. The number of nitrogens with one attached hydrogen (secondary N) is 2. The Morgan fingerprint density at radius 3 is 2.55 bits per heavy atom. The van der Waals surface area contributed by atoms with Gasteiger partial charge in [0.1, 0.15) is 11.9 Å². The minimum absolute atomic E-state index is 0.287. The first-order valence-corrected chi connectivity index (χ1v) is 6.97. The van der Waals surface area contributed by atoms with E-state index in [1.165, 1.54) is 25.1 Å². The van der Waals surface area contributed by atoms with Gasteiger partial charge in [-0.25, -0.2) is 4.39 Å². The maximum Gasteiger partial charge on any atom is 0.253 e. The van der Waals surface area contributed by atoms with Crippen molar-refractivity contribution in [3.8, 4) is 0 Å². The normalized spacial score (nSPS) is 11.6. The van der Waals surface area contributed by atoms with Gasteiger partial charge in [0.2, 0.25) is 5.91 Å². The molecule has 1 unspecified atom stereocenters. The van der Waals surface area contributed by atoms with Gasteiger partial charge in [-0.1, -0.05) is 29.8 Å². The van der Waals surface area contributed by atoms with Crippen LogP contribution in [-0.4, -0.2) is 17.9 Å². The van der Waals surface area contributed by atoms with Gasteiger partial charge in [0, 0.05) is 5.69 Å². The molecule has 1 atom stereocenters. The van der Waals surface area contributed by atoms with Gasteiger partial charge in [-0.15, -0.1) is 0 Å². The Morgan fingerprint density at radius 2 is 1.86 bits per heavy atom. The van der Waals surface area contributed by atoms with Gasteiger partial charge >= 0.3 is 0 Å². The third-order valence-corrected chi connectivity index (χ3v) is 3.28. The van der Waals surface area contributed by atoms with Crippen LogP contribution in [0.5, 0.6) is 0 Å². The standard InChI is InChI=1S/C16H14ClFN2O2/c1-10(15(21)20-12-6-4-5-11(18)9-12)19-16(22)13-7-2-3-8-14(13)17/h2-10H,1H3,(H,19,22)(H,20,21). The first kappa shape index (κ1) is 16.0. The van der Waals surface area contributed by atoms with E-state index in [2.05, 4.69) is 10.6 Å². The highest BCUT2D eigenvalue weighted by Crippen LogP contribution is 2.15. The Balaban J connectivity index is 1.99. The number of carbonyl (C=O) groups excluding carboxylic acids is 2. The van der Waals surface area contributed by atoms with Crippen LogP contribution in [0.25, 0.3) is 0 Å². The molecule has 2 rings (SSSR count). The van der Waals surface area contributed by atoms with E-state index in [1.807, 2.05) is 0 Å². The number of anilines is 1. The van der Waals surface area contributed by atoms with Crippen LogP contribution in [0.4, 0.5) is 10.1 Å². The number of benzene rings is 2. The van der Waals surface area contributed by atoms with Crippen molar-refractivity contribution in [3.63, 3.8) is 0 Å².